The van der Waals surface area contributed by atoms with Crippen LogP contribution in [0.5, 0.6) is 0 Å². The quantitative estimate of drug-likeness (QED) is 0.363. The number of methoxy groups -OCH3 is 1. The first-order valence-corrected chi connectivity index (χ1v) is 10.1. The lowest BCUT2D eigenvalue weighted by Crippen LogP contribution is -2.44. The highest BCUT2D eigenvalue weighted by Crippen LogP contribution is 2.41. The molecule has 0 radical (unpaired) electrons. The van der Waals surface area contributed by atoms with E-state index >= 15 is 0 Å². The Morgan fingerprint density at radius 2 is 2.07 bits per heavy atom. The lowest BCUT2D eigenvalue weighted by molar-refractivity contribution is -0.150. The minimum absolute atomic E-state index is 0.0594. The predicted molar refractivity (Wildman–Crippen MR) is 107 cm³/mol. The molecule has 0 aliphatic carbocycles. The van der Waals surface area contributed by atoms with Gasteiger partial charge in [-0.25, -0.2) is 0 Å². The van der Waals surface area contributed by atoms with Crippen LogP contribution in [0.25, 0.3) is 0 Å². The van der Waals surface area contributed by atoms with E-state index in [4.69, 9.17) is 9.47 Å². The van der Waals surface area contributed by atoms with Crippen molar-refractivity contribution in [2.75, 3.05) is 19.5 Å². The van der Waals surface area contributed by atoms with E-state index in [0.717, 1.165) is 15.3 Å². The summed E-state index contributed by atoms with van der Waals surface area (Å²) in [5.41, 5.74) is 0.887. The van der Waals surface area contributed by atoms with Crippen LogP contribution in [-0.2, 0) is 23.9 Å². The summed E-state index contributed by atoms with van der Waals surface area (Å²) in [6.45, 7) is 1.93. The van der Waals surface area contributed by atoms with Gasteiger partial charge in [-0.05, 0) is 41.1 Å². The molecule has 0 bridgehead atoms. The molecule has 2 rings (SSSR count). The number of ether oxygens (including phenoxy) is 2. The number of hydrogen-bond acceptors (Lipinski definition) is 7. The zero-order valence-corrected chi connectivity index (χ0v) is 17.6. The van der Waals surface area contributed by atoms with Crippen LogP contribution in [0.2, 0.25) is 0 Å². The summed E-state index contributed by atoms with van der Waals surface area (Å²) < 4.78 is 10.5. The van der Waals surface area contributed by atoms with Crippen LogP contribution in [0.4, 0.5) is 0 Å². The van der Waals surface area contributed by atoms with Gasteiger partial charge in [-0.1, -0.05) is 30.0 Å². The normalized spacial score (nSPS) is 19.1. The molecule has 0 fully saturated rings. The average molecular weight is 500 g/mol. The molecule has 1 aliphatic rings. The van der Waals surface area contributed by atoms with Crippen molar-refractivity contribution in [2.45, 2.75) is 12.8 Å². The van der Waals surface area contributed by atoms with Crippen LogP contribution >= 0.6 is 34.4 Å². The van der Waals surface area contributed by atoms with Crippen LogP contribution < -0.4 is 5.32 Å². The van der Waals surface area contributed by atoms with E-state index in [1.807, 2.05) is 12.1 Å². The Morgan fingerprint density at radius 3 is 2.67 bits per heavy atom. The number of halogens is 1. The molecule has 0 saturated carbocycles. The van der Waals surface area contributed by atoms with Gasteiger partial charge in [0.25, 0.3) is 0 Å². The third kappa shape index (κ3) is 4.81. The Kier molecular flexibility index (Phi) is 7.67. The fourth-order valence-electron chi connectivity index (χ4n) is 2.72. The third-order valence-corrected chi connectivity index (χ3v) is 5.84. The number of carbonyl (C=O) groups is 3. The molecule has 2 atom stereocenters. The summed E-state index contributed by atoms with van der Waals surface area (Å²) in [5.74, 6) is -3.80. The van der Waals surface area contributed by atoms with Crippen molar-refractivity contribution < 1.29 is 23.9 Å². The monoisotopic (exact) mass is 500 g/mol. The van der Waals surface area contributed by atoms with Gasteiger partial charge in [0.2, 0.25) is 5.91 Å². The zero-order valence-electron chi connectivity index (χ0n) is 14.7. The number of esters is 2. The van der Waals surface area contributed by atoms with E-state index in [-0.39, 0.29) is 23.0 Å². The highest BCUT2D eigenvalue weighted by molar-refractivity contribution is 14.1. The van der Waals surface area contributed by atoms with E-state index in [9.17, 15) is 19.6 Å². The fourth-order valence-corrected chi connectivity index (χ4v) is 4.29. The molecule has 27 heavy (non-hydrogen) atoms. The average Bonchev–Trinajstić information content (AvgIpc) is 2.66. The standard InChI is InChI=1S/C18H17IN2O5S/c1-3-26-13(22)9-27-17-11(8-20)14(10-6-4-5-7-12(10)19)15(16(23)21-17)18(24)25-2/h4-7,14-15H,3,9H2,1-2H3,(H,21,23)/t14-,15+/m0/s1. The van der Waals surface area contributed by atoms with E-state index < -0.39 is 29.7 Å². The van der Waals surface area contributed by atoms with E-state index in [2.05, 4.69) is 34.0 Å². The number of nitrogens with one attached hydrogen (secondary N) is 1. The number of nitrogens with zero attached hydrogens (tertiary/aromatic N) is 1. The Balaban J connectivity index is 2.52. The summed E-state index contributed by atoms with van der Waals surface area (Å²) in [6, 6.07) is 9.30. The summed E-state index contributed by atoms with van der Waals surface area (Å²) in [6.07, 6.45) is 0. The van der Waals surface area contributed by atoms with Crippen molar-refractivity contribution in [2.24, 2.45) is 5.92 Å². The summed E-state index contributed by atoms with van der Waals surface area (Å²) in [7, 11) is 1.20. The van der Waals surface area contributed by atoms with Crippen LogP contribution in [-0.4, -0.2) is 37.3 Å². The first kappa shape index (κ1) is 21.2. The molecule has 1 aromatic rings. The van der Waals surface area contributed by atoms with E-state index in [1.165, 1.54) is 7.11 Å². The molecule has 0 saturated heterocycles. The van der Waals surface area contributed by atoms with Crippen LogP contribution in [0, 0.1) is 20.8 Å². The van der Waals surface area contributed by atoms with Gasteiger partial charge in [-0.2, -0.15) is 5.26 Å². The summed E-state index contributed by atoms with van der Waals surface area (Å²) >= 11 is 3.10. The molecule has 1 aliphatic heterocycles. The van der Waals surface area contributed by atoms with Crippen LogP contribution in [0.1, 0.15) is 18.4 Å². The third-order valence-electron chi connectivity index (χ3n) is 3.86. The Morgan fingerprint density at radius 1 is 1.37 bits per heavy atom. The van der Waals surface area contributed by atoms with Crippen molar-refractivity contribution >= 4 is 52.2 Å². The van der Waals surface area contributed by atoms with Gasteiger partial charge in [0.05, 0.1) is 36.1 Å². The van der Waals surface area contributed by atoms with Gasteiger partial charge in [0, 0.05) is 9.49 Å². The highest BCUT2D eigenvalue weighted by Gasteiger charge is 2.45. The van der Waals surface area contributed by atoms with Gasteiger partial charge in [0.1, 0.15) is 5.92 Å². The van der Waals surface area contributed by atoms with Crippen molar-refractivity contribution in [3.63, 3.8) is 0 Å². The molecule has 142 valence electrons. The summed E-state index contributed by atoms with van der Waals surface area (Å²) in [5, 5.41) is 12.6. The number of nitriles is 1. The molecular formula is C18H17IN2O5S. The first-order chi connectivity index (χ1) is 12.9. The minimum Gasteiger partial charge on any atom is -0.468 e. The maximum absolute atomic E-state index is 12.6. The van der Waals surface area contributed by atoms with Crippen molar-refractivity contribution in [1.82, 2.24) is 5.32 Å². The number of amides is 1. The van der Waals surface area contributed by atoms with Crippen LogP contribution in [0.15, 0.2) is 34.9 Å². The van der Waals surface area contributed by atoms with Gasteiger partial charge in [0.15, 0.2) is 0 Å². The molecule has 1 amide bonds. The smallest absolute Gasteiger partial charge is 0.319 e. The van der Waals surface area contributed by atoms with Gasteiger partial charge in [-0.3, -0.25) is 14.4 Å². The van der Waals surface area contributed by atoms with Crippen LogP contribution in [0.3, 0.4) is 0 Å². The molecule has 7 nitrogen and oxygen atoms in total. The highest BCUT2D eigenvalue weighted by atomic mass is 127. The van der Waals surface area contributed by atoms with Crippen molar-refractivity contribution in [1.29, 1.82) is 5.26 Å². The Bertz CT molecular complexity index is 833. The van der Waals surface area contributed by atoms with E-state index in [1.54, 1.807) is 19.1 Å². The molecule has 0 unspecified atom stereocenters. The maximum Gasteiger partial charge on any atom is 0.319 e. The van der Waals surface area contributed by atoms with Crippen molar-refractivity contribution in [3.05, 3.63) is 44.0 Å². The number of allylic oxidation sites excluding steroid dienone is 1. The van der Waals surface area contributed by atoms with Crippen molar-refractivity contribution in [3.8, 4) is 6.07 Å². The topological polar surface area (TPSA) is 105 Å². The molecule has 9 heteroatoms. The molecular weight excluding hydrogens is 483 g/mol. The molecule has 1 N–H and O–H groups in total. The van der Waals surface area contributed by atoms with Gasteiger partial charge >= 0.3 is 11.9 Å². The van der Waals surface area contributed by atoms with E-state index in [0.29, 0.717) is 5.56 Å². The minimum atomic E-state index is -1.19. The Labute approximate surface area is 174 Å². The second-order valence-electron chi connectivity index (χ2n) is 5.44. The lowest BCUT2D eigenvalue weighted by Gasteiger charge is -2.31. The van der Waals surface area contributed by atoms with Gasteiger partial charge < -0.3 is 14.8 Å². The lowest BCUT2D eigenvalue weighted by atomic mass is 9.78. The predicted octanol–water partition coefficient (Wildman–Crippen LogP) is 2.33. The molecule has 0 aromatic heterocycles. The number of benzene rings is 1. The zero-order chi connectivity index (χ0) is 20.0. The number of carbonyl (C=O) groups excluding carboxylic acids is 3. The first-order valence-electron chi connectivity index (χ1n) is 8.00. The number of rotatable bonds is 6. The van der Waals surface area contributed by atoms with Gasteiger partial charge in [-0.15, -0.1) is 0 Å². The largest absolute Gasteiger partial charge is 0.468 e. The SMILES string of the molecule is CCOC(=O)CSC1=C(C#N)[C@H](c2ccccc2I)[C@@H](C(=O)OC)C(=O)N1. The second kappa shape index (κ2) is 9.75. The molecule has 0 spiro atoms. The number of hydrogen-bond donors (Lipinski definition) is 1. The molecule has 1 heterocycles. The fraction of sp³-hybridized carbons (Fsp3) is 0.333. The number of thioether (sulfide) groups is 1. The molecule has 1 aromatic carbocycles. The summed E-state index contributed by atoms with van der Waals surface area (Å²) in [4.78, 5) is 36.6. The maximum atomic E-state index is 12.6. The Hall–Kier alpha value is -2.06. The second-order valence-corrected chi connectivity index (χ2v) is 7.59.